The number of unbranched alkanes of at least 4 members (excludes halogenated alkanes) is 29. The van der Waals surface area contributed by atoms with Crippen molar-refractivity contribution in [1.29, 1.82) is 0 Å². The Balaban J connectivity index is 1.78. The van der Waals surface area contributed by atoms with Gasteiger partial charge in [0.2, 0.25) is 0 Å². The quantitative estimate of drug-likeness (QED) is 0.00513. The van der Waals surface area contributed by atoms with Crippen LogP contribution in [0.5, 0.6) is 0 Å². The molecule has 0 aromatic heterocycles. The average Bonchev–Trinajstić information content (AvgIpc) is 0.766. The molecule has 1 aliphatic carbocycles. The van der Waals surface area contributed by atoms with Crippen molar-refractivity contribution >= 4 is 25.7 Å². The monoisotopic (exact) mass is 1390 g/mol. The topological polar surface area (TPSA) is 374 Å². The molecule has 11 N–H and O–H groups in total. The number of esters is 3. The summed E-state index contributed by atoms with van der Waals surface area (Å²) in [6.07, 6.45) is 15.5. The Kier molecular flexibility index (Phi) is 48.0. The first-order valence-electron chi connectivity index (χ1n) is 36.5. The van der Waals surface area contributed by atoms with Gasteiger partial charge in [-0.05, 0) is 77.0 Å². The van der Waals surface area contributed by atoms with Crippen LogP contribution in [0.4, 0.5) is 0 Å². The van der Waals surface area contributed by atoms with Crippen molar-refractivity contribution in [2.75, 3.05) is 26.4 Å². The molecule has 18 unspecified atom stereocenters. The molecule has 2 aliphatic heterocycles. The second-order valence-electron chi connectivity index (χ2n) is 26.0. The van der Waals surface area contributed by atoms with Crippen LogP contribution < -0.4 is 0 Å². The number of hydrogen-bond acceptors (Lipinski definition) is 23. The molecule has 1 saturated carbocycles. The maximum Gasteiger partial charge on any atom is 0.472 e. The van der Waals surface area contributed by atoms with Crippen LogP contribution in [0.15, 0.2) is 48.6 Å². The van der Waals surface area contributed by atoms with E-state index < -0.39 is 156 Å². The maximum absolute atomic E-state index is 14.3. The van der Waals surface area contributed by atoms with Gasteiger partial charge in [0.05, 0.1) is 13.2 Å². The van der Waals surface area contributed by atoms with Crippen LogP contribution in [-0.2, 0) is 61.2 Å². The van der Waals surface area contributed by atoms with E-state index in [0.29, 0.717) is 19.3 Å². The Morgan fingerprint density at radius 1 is 0.427 bits per heavy atom. The van der Waals surface area contributed by atoms with Gasteiger partial charge in [0.1, 0.15) is 98.7 Å². The zero-order chi connectivity index (χ0) is 70.4. The minimum absolute atomic E-state index is 0.00275. The number of aliphatic hydroxyl groups excluding tert-OH is 10. The lowest BCUT2D eigenvalue weighted by molar-refractivity contribution is -0.360. The van der Waals surface area contributed by atoms with E-state index in [1.165, 1.54) is 122 Å². The van der Waals surface area contributed by atoms with E-state index in [1.54, 1.807) is 6.08 Å². The van der Waals surface area contributed by atoms with Crippen molar-refractivity contribution in [3.05, 3.63) is 48.6 Å². The minimum atomic E-state index is -5.72. The number of phosphoric ester groups is 1. The summed E-state index contributed by atoms with van der Waals surface area (Å²) in [6, 6.07) is 0. The summed E-state index contributed by atoms with van der Waals surface area (Å²) in [6.45, 7) is 3.26. The molecule has 0 radical (unpaired) electrons. The number of aliphatic hydroxyl groups is 10. The Morgan fingerprint density at radius 3 is 1.26 bits per heavy atom. The molecule has 18 atom stereocenters. The van der Waals surface area contributed by atoms with Crippen LogP contribution >= 0.6 is 7.82 Å². The van der Waals surface area contributed by atoms with E-state index in [0.717, 1.165) is 89.5 Å². The molecule has 0 spiro atoms. The third-order valence-electron chi connectivity index (χ3n) is 17.7. The molecule has 25 heteroatoms. The second-order valence-corrected chi connectivity index (χ2v) is 27.4. The fourth-order valence-electron chi connectivity index (χ4n) is 11.7. The van der Waals surface area contributed by atoms with E-state index >= 15 is 0 Å². The van der Waals surface area contributed by atoms with Crippen LogP contribution in [0.3, 0.4) is 0 Å². The Morgan fingerprint density at radius 2 is 0.812 bits per heavy atom. The standard InChI is InChI=1S/C71H125O24P/c1-4-7-10-13-16-19-22-25-26-29-31-33-36-39-42-45-55(73)87-49-52(90-57(75)47-44-41-38-35-32-28-24-21-18-15-12-9-6-3)50-89-96(85,86)95-69-67(93-70-65(83)60(78)58(76)53(48-72)91-70)63(81)62(80)64(82)68(69)94-71-66(84)61(79)59(77)54(92-71)51-88-56(74)46-43-40-37-34-30-27-23-20-17-14-11-8-5-2/h27-28,30,32,36,39,42,45,52-54,58-72,76-84H,4-26,29,31,33-35,37-38,40-41,43-44,46-51H2,1-3H3,(H,85,86)/b30-27-,32-28-,39-36+,45-42+. The molecule has 0 amide bonds. The Hall–Kier alpha value is -3.08. The molecule has 3 fully saturated rings. The summed E-state index contributed by atoms with van der Waals surface area (Å²) >= 11 is 0. The molecule has 558 valence electrons. The largest absolute Gasteiger partial charge is 0.472 e. The van der Waals surface area contributed by atoms with Crippen LogP contribution in [0, 0.1) is 0 Å². The summed E-state index contributed by atoms with van der Waals surface area (Å²) in [7, 11) is -5.72. The van der Waals surface area contributed by atoms with Gasteiger partial charge >= 0.3 is 25.7 Å². The molecular weight excluding hydrogens is 1270 g/mol. The number of rotatable bonds is 55. The molecule has 3 rings (SSSR count). The number of hydrogen-bond donors (Lipinski definition) is 11. The highest BCUT2D eigenvalue weighted by molar-refractivity contribution is 7.47. The van der Waals surface area contributed by atoms with Crippen molar-refractivity contribution in [2.45, 2.75) is 356 Å². The lowest BCUT2D eigenvalue weighted by Gasteiger charge is -2.49. The number of carbonyl (C=O) groups is 3. The van der Waals surface area contributed by atoms with E-state index in [-0.39, 0.29) is 12.8 Å². The molecule has 24 nitrogen and oxygen atoms in total. The van der Waals surface area contributed by atoms with E-state index in [4.69, 9.17) is 42.2 Å². The van der Waals surface area contributed by atoms with Gasteiger partial charge in [-0.3, -0.25) is 18.6 Å². The molecular formula is C71H125O24P. The molecule has 2 saturated heterocycles. The Bertz CT molecular complexity index is 2180. The minimum Gasteiger partial charge on any atom is -0.463 e. The number of carbonyl (C=O) groups excluding carboxylic acids is 3. The highest BCUT2D eigenvalue weighted by Crippen LogP contribution is 2.49. The van der Waals surface area contributed by atoms with E-state index in [9.17, 15) is 74.9 Å². The van der Waals surface area contributed by atoms with Crippen molar-refractivity contribution in [3.8, 4) is 0 Å². The summed E-state index contributed by atoms with van der Waals surface area (Å²) in [5.74, 6) is -2.29. The lowest BCUT2D eigenvalue weighted by Crippen LogP contribution is -2.69. The van der Waals surface area contributed by atoms with Gasteiger partial charge in [-0.15, -0.1) is 0 Å². The fourth-order valence-corrected chi connectivity index (χ4v) is 12.6. The van der Waals surface area contributed by atoms with Gasteiger partial charge in [0.25, 0.3) is 0 Å². The molecule has 0 bridgehead atoms. The molecule has 0 aromatic carbocycles. The molecule has 0 aromatic rings. The van der Waals surface area contributed by atoms with Gasteiger partial charge in [-0.25, -0.2) is 9.36 Å². The van der Waals surface area contributed by atoms with E-state index in [2.05, 4.69) is 45.1 Å². The first kappa shape index (κ1) is 87.1. The smallest absolute Gasteiger partial charge is 0.463 e. The normalized spacial score (nSPS) is 28.2. The number of phosphoric acid groups is 1. The summed E-state index contributed by atoms with van der Waals surface area (Å²) in [5, 5.41) is 110. The predicted octanol–water partition coefficient (Wildman–Crippen LogP) is 9.29. The number of allylic oxidation sites excluding steroid dienone is 7. The third-order valence-corrected chi connectivity index (χ3v) is 18.6. The predicted molar refractivity (Wildman–Crippen MR) is 360 cm³/mol. The molecule has 3 aliphatic rings. The van der Waals surface area contributed by atoms with Gasteiger partial charge in [-0.2, -0.15) is 0 Å². The Labute approximate surface area is 571 Å². The van der Waals surface area contributed by atoms with Crippen LogP contribution in [-0.4, -0.2) is 204 Å². The molecule has 2 heterocycles. The van der Waals surface area contributed by atoms with Crippen LogP contribution in [0.25, 0.3) is 0 Å². The lowest BCUT2D eigenvalue weighted by atomic mass is 9.84. The van der Waals surface area contributed by atoms with Crippen molar-refractivity contribution in [3.63, 3.8) is 0 Å². The van der Waals surface area contributed by atoms with E-state index in [1.807, 2.05) is 6.08 Å². The maximum atomic E-state index is 14.3. The van der Waals surface area contributed by atoms with Crippen LogP contribution in [0.2, 0.25) is 0 Å². The van der Waals surface area contributed by atoms with Crippen molar-refractivity contribution in [1.82, 2.24) is 0 Å². The summed E-state index contributed by atoms with van der Waals surface area (Å²) in [4.78, 5) is 50.7. The summed E-state index contributed by atoms with van der Waals surface area (Å²) < 4.78 is 64.6. The zero-order valence-electron chi connectivity index (χ0n) is 57.9. The number of ether oxygens (including phenoxy) is 7. The summed E-state index contributed by atoms with van der Waals surface area (Å²) in [5.41, 5.74) is 0. The SMILES string of the molecule is CCCCCCCC/C=C\CCCCCC(=O)OCC1OC(OC2C(O)C(O)C(O)C(OC3OC(CO)C(O)C(O)C3O)C2OP(=O)(O)OCC(COC(=O)/C=C/C=C/CCCCCCCCCCCCC)OC(=O)CCCCC/C=C\CCCCCCCC)C(O)C(O)C1O. The van der Waals surface area contributed by atoms with Crippen molar-refractivity contribution < 1.29 is 117 Å². The highest BCUT2D eigenvalue weighted by Gasteiger charge is 2.58. The zero-order valence-corrected chi connectivity index (χ0v) is 58.8. The van der Waals surface area contributed by atoms with Crippen LogP contribution in [0.1, 0.15) is 252 Å². The van der Waals surface area contributed by atoms with Gasteiger partial charge in [-0.1, -0.05) is 205 Å². The van der Waals surface area contributed by atoms with Crippen molar-refractivity contribution in [2.24, 2.45) is 0 Å². The molecule has 96 heavy (non-hydrogen) atoms. The third kappa shape index (κ3) is 36.0. The average molecular weight is 1390 g/mol. The first-order valence-corrected chi connectivity index (χ1v) is 38.0. The van der Waals surface area contributed by atoms with Gasteiger partial charge in [0, 0.05) is 18.9 Å². The highest BCUT2D eigenvalue weighted by atomic mass is 31.2. The van der Waals surface area contributed by atoms with Gasteiger partial charge in [0.15, 0.2) is 18.7 Å². The van der Waals surface area contributed by atoms with Gasteiger partial charge < -0.3 is 89.1 Å². The fraction of sp³-hybridized carbons (Fsp3) is 0.845. The first-order chi connectivity index (χ1) is 46.3. The second kappa shape index (κ2) is 52.8.